The van der Waals surface area contributed by atoms with Gasteiger partial charge in [0.05, 0.1) is 7.11 Å². The van der Waals surface area contributed by atoms with Crippen molar-refractivity contribution in [1.29, 1.82) is 0 Å². The summed E-state index contributed by atoms with van der Waals surface area (Å²) in [6.45, 7) is 0.566. The third kappa shape index (κ3) is 3.19. The number of carbonyl (C=O) groups is 2. The molecular formula is C12H15N3O3. The summed E-state index contributed by atoms with van der Waals surface area (Å²) in [5.41, 5.74) is 0.381. The standard InChI is InChI=1S/C12H15N3O3/c1-18-12-9(3-2-6-13-12)15-11(17)10(16)14-7-8-4-5-8/h2-3,6,8H,4-5,7H2,1H3,(H,14,16)(H,15,17). The molecule has 0 bridgehead atoms. The van der Waals surface area contributed by atoms with Crippen LogP contribution < -0.4 is 15.4 Å². The molecule has 0 aromatic carbocycles. The maximum absolute atomic E-state index is 11.6. The number of methoxy groups -OCH3 is 1. The molecule has 96 valence electrons. The molecule has 0 saturated heterocycles. The largest absolute Gasteiger partial charge is 0.480 e. The molecule has 0 atom stereocenters. The highest BCUT2D eigenvalue weighted by Crippen LogP contribution is 2.27. The van der Waals surface area contributed by atoms with E-state index in [1.807, 2.05) is 0 Å². The van der Waals surface area contributed by atoms with Crippen LogP contribution in [-0.4, -0.2) is 30.5 Å². The van der Waals surface area contributed by atoms with Gasteiger partial charge in [-0.15, -0.1) is 0 Å². The summed E-state index contributed by atoms with van der Waals surface area (Å²) in [7, 11) is 1.45. The maximum Gasteiger partial charge on any atom is 0.313 e. The van der Waals surface area contributed by atoms with Gasteiger partial charge in [-0.1, -0.05) is 0 Å². The summed E-state index contributed by atoms with van der Waals surface area (Å²) >= 11 is 0. The molecule has 2 rings (SSSR count). The van der Waals surface area contributed by atoms with E-state index in [0.29, 0.717) is 18.2 Å². The van der Waals surface area contributed by atoms with Crippen molar-refractivity contribution in [2.75, 3.05) is 19.0 Å². The van der Waals surface area contributed by atoms with Gasteiger partial charge in [0, 0.05) is 12.7 Å². The van der Waals surface area contributed by atoms with Crippen molar-refractivity contribution in [3.8, 4) is 5.88 Å². The minimum Gasteiger partial charge on any atom is -0.480 e. The number of pyridine rings is 1. The van der Waals surface area contributed by atoms with Crippen LogP contribution in [0, 0.1) is 5.92 Å². The fourth-order valence-electron chi connectivity index (χ4n) is 1.47. The van der Waals surface area contributed by atoms with Gasteiger partial charge >= 0.3 is 11.8 Å². The topological polar surface area (TPSA) is 80.3 Å². The second-order valence-corrected chi connectivity index (χ2v) is 4.17. The molecule has 2 N–H and O–H groups in total. The van der Waals surface area contributed by atoms with Crippen molar-refractivity contribution < 1.29 is 14.3 Å². The maximum atomic E-state index is 11.6. The van der Waals surface area contributed by atoms with Crippen molar-refractivity contribution in [1.82, 2.24) is 10.3 Å². The van der Waals surface area contributed by atoms with Crippen LogP contribution in [0.1, 0.15) is 12.8 Å². The molecule has 1 fully saturated rings. The van der Waals surface area contributed by atoms with Crippen LogP contribution in [0.3, 0.4) is 0 Å². The molecular weight excluding hydrogens is 234 g/mol. The summed E-state index contributed by atoms with van der Waals surface area (Å²) in [4.78, 5) is 27.0. The Kier molecular flexibility index (Phi) is 3.76. The second-order valence-electron chi connectivity index (χ2n) is 4.17. The molecule has 1 aliphatic carbocycles. The van der Waals surface area contributed by atoms with E-state index in [4.69, 9.17) is 4.74 Å². The Morgan fingerprint density at radius 3 is 2.89 bits per heavy atom. The SMILES string of the molecule is COc1ncccc1NC(=O)C(=O)NCC1CC1. The quantitative estimate of drug-likeness (QED) is 0.764. The minimum atomic E-state index is -0.707. The smallest absolute Gasteiger partial charge is 0.313 e. The highest BCUT2D eigenvalue weighted by atomic mass is 16.5. The summed E-state index contributed by atoms with van der Waals surface area (Å²) in [5.74, 6) is -0.523. The van der Waals surface area contributed by atoms with Gasteiger partial charge < -0.3 is 15.4 Å². The molecule has 1 heterocycles. The average Bonchev–Trinajstić information content (AvgIpc) is 3.20. The fourth-order valence-corrected chi connectivity index (χ4v) is 1.47. The molecule has 6 nitrogen and oxygen atoms in total. The number of aromatic nitrogens is 1. The van der Waals surface area contributed by atoms with Crippen LogP contribution in [0.15, 0.2) is 18.3 Å². The number of amides is 2. The molecule has 0 spiro atoms. The van der Waals surface area contributed by atoms with E-state index >= 15 is 0 Å². The van der Waals surface area contributed by atoms with Crippen molar-refractivity contribution in [2.24, 2.45) is 5.92 Å². The molecule has 18 heavy (non-hydrogen) atoms. The van der Waals surface area contributed by atoms with E-state index in [9.17, 15) is 9.59 Å². The number of ether oxygens (including phenoxy) is 1. The van der Waals surface area contributed by atoms with E-state index in [1.54, 1.807) is 18.3 Å². The molecule has 1 aliphatic rings. The van der Waals surface area contributed by atoms with E-state index in [1.165, 1.54) is 7.11 Å². The number of hydrogen-bond donors (Lipinski definition) is 2. The summed E-state index contributed by atoms with van der Waals surface area (Å²) < 4.78 is 4.98. The number of carbonyl (C=O) groups excluding carboxylic acids is 2. The van der Waals surface area contributed by atoms with Gasteiger partial charge in [-0.05, 0) is 30.9 Å². The first-order valence-electron chi connectivity index (χ1n) is 5.79. The van der Waals surface area contributed by atoms with Gasteiger partial charge in [-0.2, -0.15) is 0 Å². The summed E-state index contributed by atoms with van der Waals surface area (Å²) in [5, 5.41) is 5.06. The first kappa shape index (κ1) is 12.3. The molecule has 2 amide bonds. The van der Waals surface area contributed by atoms with E-state index < -0.39 is 11.8 Å². The third-order valence-corrected chi connectivity index (χ3v) is 2.67. The number of nitrogens with one attached hydrogen (secondary N) is 2. The van der Waals surface area contributed by atoms with Crippen molar-refractivity contribution >= 4 is 17.5 Å². The zero-order valence-corrected chi connectivity index (χ0v) is 10.1. The van der Waals surface area contributed by atoms with Crippen LogP contribution in [0.5, 0.6) is 5.88 Å². The summed E-state index contributed by atoms with van der Waals surface area (Å²) in [6, 6.07) is 3.28. The van der Waals surface area contributed by atoms with E-state index in [0.717, 1.165) is 12.8 Å². The molecule has 1 aromatic heterocycles. The van der Waals surface area contributed by atoms with Crippen molar-refractivity contribution in [2.45, 2.75) is 12.8 Å². The average molecular weight is 249 g/mol. The lowest BCUT2D eigenvalue weighted by molar-refractivity contribution is -0.136. The lowest BCUT2D eigenvalue weighted by atomic mass is 10.3. The van der Waals surface area contributed by atoms with Crippen molar-refractivity contribution in [3.63, 3.8) is 0 Å². The Morgan fingerprint density at radius 1 is 1.44 bits per heavy atom. The Bertz CT molecular complexity index is 458. The van der Waals surface area contributed by atoms with Crippen LogP contribution in [0.2, 0.25) is 0 Å². The van der Waals surface area contributed by atoms with Gasteiger partial charge in [-0.25, -0.2) is 4.98 Å². The molecule has 0 radical (unpaired) electrons. The predicted octanol–water partition coefficient (Wildman–Crippen LogP) is 0.555. The first-order chi connectivity index (χ1) is 8.70. The minimum absolute atomic E-state index is 0.279. The molecule has 0 aliphatic heterocycles. The number of rotatable bonds is 4. The number of nitrogens with zero attached hydrogens (tertiary/aromatic N) is 1. The highest BCUT2D eigenvalue weighted by molar-refractivity contribution is 6.39. The van der Waals surface area contributed by atoms with Crippen molar-refractivity contribution in [3.05, 3.63) is 18.3 Å². The molecule has 1 aromatic rings. The monoisotopic (exact) mass is 249 g/mol. The normalized spacial score (nSPS) is 13.8. The first-order valence-corrected chi connectivity index (χ1v) is 5.79. The van der Waals surface area contributed by atoms with Crippen LogP contribution in [0.25, 0.3) is 0 Å². The van der Waals surface area contributed by atoms with Gasteiger partial charge in [0.1, 0.15) is 5.69 Å². The van der Waals surface area contributed by atoms with Crippen LogP contribution in [-0.2, 0) is 9.59 Å². The predicted molar refractivity (Wildman–Crippen MR) is 65.2 cm³/mol. The lowest BCUT2D eigenvalue weighted by Crippen LogP contribution is -2.36. The summed E-state index contributed by atoms with van der Waals surface area (Å²) in [6.07, 6.45) is 3.79. The van der Waals surface area contributed by atoms with E-state index in [-0.39, 0.29) is 5.88 Å². The van der Waals surface area contributed by atoms with Gasteiger partial charge in [0.2, 0.25) is 5.88 Å². The fraction of sp³-hybridized carbons (Fsp3) is 0.417. The Hall–Kier alpha value is -2.11. The van der Waals surface area contributed by atoms with Gasteiger partial charge in [-0.3, -0.25) is 9.59 Å². The second kappa shape index (κ2) is 5.48. The van der Waals surface area contributed by atoms with Gasteiger partial charge in [0.25, 0.3) is 0 Å². The number of hydrogen-bond acceptors (Lipinski definition) is 4. The van der Waals surface area contributed by atoms with Crippen LogP contribution in [0.4, 0.5) is 5.69 Å². The zero-order chi connectivity index (χ0) is 13.0. The molecule has 1 saturated carbocycles. The Morgan fingerprint density at radius 2 is 2.22 bits per heavy atom. The van der Waals surface area contributed by atoms with Gasteiger partial charge in [0.15, 0.2) is 0 Å². The Labute approximate surface area is 105 Å². The highest BCUT2D eigenvalue weighted by Gasteiger charge is 2.23. The van der Waals surface area contributed by atoms with E-state index in [2.05, 4.69) is 15.6 Å². The lowest BCUT2D eigenvalue weighted by Gasteiger charge is -2.08. The molecule has 0 unspecified atom stereocenters. The number of anilines is 1. The molecule has 6 heteroatoms. The zero-order valence-electron chi connectivity index (χ0n) is 10.1. The Balaban J connectivity index is 1.90. The third-order valence-electron chi connectivity index (χ3n) is 2.67. The van der Waals surface area contributed by atoms with Crippen LogP contribution >= 0.6 is 0 Å².